The molecule has 0 unspecified atom stereocenters. The van der Waals surface area contributed by atoms with Gasteiger partial charge in [0.2, 0.25) is 5.89 Å². The van der Waals surface area contributed by atoms with Crippen LogP contribution in [0.4, 0.5) is 0 Å². The first-order chi connectivity index (χ1) is 14.1. The molecule has 1 N–H and O–H groups in total. The quantitative estimate of drug-likeness (QED) is 0.615. The summed E-state index contributed by atoms with van der Waals surface area (Å²) in [6, 6.07) is 8.45. The van der Waals surface area contributed by atoms with Crippen molar-refractivity contribution in [1.29, 1.82) is 0 Å². The summed E-state index contributed by atoms with van der Waals surface area (Å²) in [6.07, 6.45) is 10.1. The molecular formula is C23H29N3O3. The Kier molecular flexibility index (Phi) is 5.97. The van der Waals surface area contributed by atoms with Crippen molar-refractivity contribution in [3.05, 3.63) is 53.2 Å². The molecule has 0 spiro atoms. The van der Waals surface area contributed by atoms with E-state index in [2.05, 4.69) is 29.4 Å². The number of rotatable bonds is 10. The van der Waals surface area contributed by atoms with Gasteiger partial charge in [0.1, 0.15) is 6.26 Å². The summed E-state index contributed by atoms with van der Waals surface area (Å²) in [7, 11) is 0. The molecular weight excluding hydrogens is 366 g/mol. The van der Waals surface area contributed by atoms with Gasteiger partial charge < -0.3 is 14.6 Å². The minimum Gasteiger partial charge on any atom is -0.446 e. The third kappa shape index (κ3) is 5.25. The average Bonchev–Trinajstić information content (AvgIpc) is 3.66. The summed E-state index contributed by atoms with van der Waals surface area (Å²) in [5.74, 6) is 0.197. The van der Waals surface area contributed by atoms with Crippen LogP contribution < -0.4 is 5.32 Å². The maximum atomic E-state index is 13.1. The number of hydrogen-bond acceptors (Lipinski definition) is 4. The fourth-order valence-electron chi connectivity index (χ4n) is 3.43. The molecule has 0 radical (unpaired) electrons. The average molecular weight is 396 g/mol. The molecule has 29 heavy (non-hydrogen) atoms. The lowest BCUT2D eigenvalue weighted by Crippen LogP contribution is -2.32. The highest BCUT2D eigenvalue weighted by molar-refractivity contribution is 5.94. The van der Waals surface area contributed by atoms with Gasteiger partial charge in [0.05, 0.1) is 6.54 Å². The van der Waals surface area contributed by atoms with Gasteiger partial charge in [-0.2, -0.15) is 0 Å². The Morgan fingerprint density at radius 2 is 1.90 bits per heavy atom. The number of carbonyl (C=O) groups is 2. The van der Waals surface area contributed by atoms with E-state index in [-0.39, 0.29) is 29.6 Å². The van der Waals surface area contributed by atoms with E-state index in [9.17, 15) is 9.59 Å². The monoisotopic (exact) mass is 395 g/mol. The molecule has 1 aromatic heterocycles. The molecule has 2 aromatic rings. The van der Waals surface area contributed by atoms with Crippen LogP contribution in [0.3, 0.4) is 0 Å². The first kappa shape index (κ1) is 19.7. The molecule has 4 rings (SSSR count). The summed E-state index contributed by atoms with van der Waals surface area (Å²) in [6.45, 7) is 2.49. The number of carbonyl (C=O) groups excluding carboxylic acids is 2. The highest BCUT2D eigenvalue weighted by Crippen LogP contribution is 2.30. The van der Waals surface area contributed by atoms with E-state index in [1.54, 1.807) is 0 Å². The molecule has 2 saturated carbocycles. The number of aryl methyl sites for hydroxylation is 1. The molecule has 2 fully saturated rings. The standard InChI is InChI=1S/C23H29N3O3/c1-2-3-4-5-16-6-8-17(9-7-16)23(28)26(19-12-13-19)14-21-25-20(15-29-21)22(27)24-18-10-11-18/h6-9,15,18-19H,2-5,10-14H2,1H3,(H,24,27). The Bertz CT molecular complexity index is 851. The van der Waals surface area contributed by atoms with Gasteiger partial charge in [0, 0.05) is 17.6 Å². The van der Waals surface area contributed by atoms with Crippen LogP contribution in [0.15, 0.2) is 34.9 Å². The lowest BCUT2D eigenvalue weighted by molar-refractivity contribution is 0.0714. The SMILES string of the molecule is CCCCCc1ccc(C(=O)N(Cc2nc(C(=O)NC3CC3)co2)C2CC2)cc1. The topological polar surface area (TPSA) is 75.4 Å². The van der Waals surface area contributed by atoms with Crippen LogP contribution in [0, 0.1) is 0 Å². The highest BCUT2D eigenvalue weighted by atomic mass is 16.3. The van der Waals surface area contributed by atoms with E-state index in [0.717, 1.165) is 32.1 Å². The fourth-order valence-corrected chi connectivity index (χ4v) is 3.43. The predicted octanol–water partition coefficient (Wildman–Crippen LogP) is 4.10. The van der Waals surface area contributed by atoms with E-state index in [1.165, 1.54) is 31.1 Å². The number of aromatic nitrogens is 1. The zero-order chi connectivity index (χ0) is 20.2. The molecule has 0 saturated heterocycles. The minimum absolute atomic E-state index is 0.00482. The third-order valence-corrected chi connectivity index (χ3v) is 5.52. The van der Waals surface area contributed by atoms with Gasteiger partial charge in [-0.1, -0.05) is 31.9 Å². The van der Waals surface area contributed by atoms with Crippen molar-refractivity contribution in [2.24, 2.45) is 0 Å². The summed E-state index contributed by atoms with van der Waals surface area (Å²) in [4.78, 5) is 31.3. The molecule has 6 nitrogen and oxygen atoms in total. The molecule has 1 heterocycles. The number of oxazole rings is 1. The number of amides is 2. The Morgan fingerprint density at radius 3 is 2.55 bits per heavy atom. The van der Waals surface area contributed by atoms with Crippen LogP contribution >= 0.6 is 0 Å². The highest BCUT2D eigenvalue weighted by Gasteiger charge is 2.34. The van der Waals surface area contributed by atoms with E-state index in [1.807, 2.05) is 17.0 Å². The first-order valence-electron chi connectivity index (χ1n) is 10.8. The van der Waals surface area contributed by atoms with Crippen LogP contribution in [-0.4, -0.2) is 33.8 Å². The number of nitrogens with zero attached hydrogens (tertiary/aromatic N) is 2. The van der Waals surface area contributed by atoms with Gasteiger partial charge in [-0.05, 0) is 56.2 Å². The van der Waals surface area contributed by atoms with Gasteiger partial charge in [0.15, 0.2) is 5.69 Å². The maximum absolute atomic E-state index is 13.1. The molecule has 154 valence electrons. The molecule has 1 aromatic carbocycles. The Morgan fingerprint density at radius 1 is 1.14 bits per heavy atom. The summed E-state index contributed by atoms with van der Waals surface area (Å²) < 4.78 is 5.49. The zero-order valence-corrected chi connectivity index (χ0v) is 17.0. The van der Waals surface area contributed by atoms with Crippen molar-refractivity contribution >= 4 is 11.8 Å². The largest absolute Gasteiger partial charge is 0.446 e. The van der Waals surface area contributed by atoms with Crippen molar-refractivity contribution in [3.63, 3.8) is 0 Å². The smallest absolute Gasteiger partial charge is 0.273 e. The van der Waals surface area contributed by atoms with E-state index >= 15 is 0 Å². The first-order valence-corrected chi connectivity index (χ1v) is 10.8. The van der Waals surface area contributed by atoms with Crippen LogP contribution in [0.2, 0.25) is 0 Å². The third-order valence-electron chi connectivity index (χ3n) is 5.52. The van der Waals surface area contributed by atoms with Gasteiger partial charge in [-0.25, -0.2) is 4.98 Å². The fraction of sp³-hybridized carbons (Fsp3) is 0.522. The van der Waals surface area contributed by atoms with Crippen molar-refractivity contribution < 1.29 is 14.0 Å². The minimum atomic E-state index is -0.203. The second kappa shape index (κ2) is 8.80. The van der Waals surface area contributed by atoms with Crippen LogP contribution in [0.1, 0.15) is 84.2 Å². The molecule has 0 atom stereocenters. The second-order valence-corrected chi connectivity index (χ2v) is 8.19. The molecule has 2 aliphatic rings. The van der Waals surface area contributed by atoms with Crippen molar-refractivity contribution in [3.8, 4) is 0 Å². The lowest BCUT2D eigenvalue weighted by Gasteiger charge is -2.21. The van der Waals surface area contributed by atoms with Gasteiger partial charge in [0.25, 0.3) is 11.8 Å². The summed E-state index contributed by atoms with van der Waals surface area (Å²) in [5, 5.41) is 2.90. The van der Waals surface area contributed by atoms with Crippen LogP contribution in [-0.2, 0) is 13.0 Å². The summed E-state index contributed by atoms with van der Waals surface area (Å²) in [5.41, 5.74) is 2.24. The molecule has 0 aliphatic heterocycles. The number of unbranched alkanes of at least 4 members (excludes halogenated alkanes) is 2. The normalized spacial score (nSPS) is 15.9. The van der Waals surface area contributed by atoms with Gasteiger partial charge in [-0.15, -0.1) is 0 Å². The summed E-state index contributed by atoms with van der Waals surface area (Å²) >= 11 is 0. The predicted molar refractivity (Wildman–Crippen MR) is 110 cm³/mol. The van der Waals surface area contributed by atoms with Crippen molar-refractivity contribution in [2.45, 2.75) is 76.9 Å². The molecule has 2 amide bonds. The number of hydrogen-bond donors (Lipinski definition) is 1. The van der Waals surface area contributed by atoms with E-state index in [0.29, 0.717) is 18.0 Å². The van der Waals surface area contributed by atoms with Gasteiger partial charge in [-0.3, -0.25) is 9.59 Å². The van der Waals surface area contributed by atoms with Crippen molar-refractivity contribution in [1.82, 2.24) is 15.2 Å². The maximum Gasteiger partial charge on any atom is 0.273 e. The van der Waals surface area contributed by atoms with E-state index in [4.69, 9.17) is 4.42 Å². The molecule has 6 heteroatoms. The van der Waals surface area contributed by atoms with Gasteiger partial charge >= 0.3 is 0 Å². The second-order valence-electron chi connectivity index (χ2n) is 8.19. The molecule has 2 aliphatic carbocycles. The number of nitrogens with one attached hydrogen (secondary N) is 1. The van der Waals surface area contributed by atoms with Crippen molar-refractivity contribution in [2.75, 3.05) is 0 Å². The Balaban J connectivity index is 1.39. The number of benzene rings is 1. The Labute approximate surface area is 171 Å². The van der Waals surface area contributed by atoms with E-state index < -0.39 is 0 Å². The lowest BCUT2D eigenvalue weighted by atomic mass is 10.0. The van der Waals surface area contributed by atoms with Crippen LogP contribution in [0.25, 0.3) is 0 Å². The molecule has 0 bridgehead atoms. The Hall–Kier alpha value is -2.63. The zero-order valence-electron chi connectivity index (χ0n) is 17.0. The van der Waals surface area contributed by atoms with Crippen LogP contribution in [0.5, 0.6) is 0 Å².